The summed E-state index contributed by atoms with van der Waals surface area (Å²) in [6.45, 7) is 7.19. The summed E-state index contributed by atoms with van der Waals surface area (Å²) < 4.78 is 19.8. The summed E-state index contributed by atoms with van der Waals surface area (Å²) in [5, 5.41) is 3.34. The number of likely N-dealkylation sites (N-methyl/N-ethyl adjacent to an activating group) is 1. The number of nitrogens with one attached hydrogen (secondary N) is 1. The van der Waals surface area contributed by atoms with E-state index in [1.165, 1.54) is 12.8 Å². The maximum atomic E-state index is 14.5. The standard InChI is InChI=1S/C15H24FN3O/c1-3-19(9-10-20-4-2)15-14(16)12(7-8-17-15)11-18-13-5-6-13/h7-8,13,18H,3-6,9-11H2,1-2H3. The highest BCUT2D eigenvalue weighted by molar-refractivity contribution is 5.43. The van der Waals surface area contributed by atoms with Crippen LogP contribution < -0.4 is 10.2 Å². The van der Waals surface area contributed by atoms with E-state index in [2.05, 4.69) is 10.3 Å². The van der Waals surface area contributed by atoms with Gasteiger partial charge in [-0.15, -0.1) is 0 Å². The van der Waals surface area contributed by atoms with Gasteiger partial charge in [0.15, 0.2) is 11.6 Å². The Labute approximate surface area is 120 Å². The molecule has 4 nitrogen and oxygen atoms in total. The van der Waals surface area contributed by atoms with Crippen molar-refractivity contribution in [1.29, 1.82) is 0 Å². The third-order valence-electron chi connectivity index (χ3n) is 3.50. The second-order valence-electron chi connectivity index (χ2n) is 5.04. The molecule has 1 aliphatic carbocycles. The Morgan fingerprint density at radius 1 is 1.45 bits per heavy atom. The molecule has 0 unspecified atom stereocenters. The van der Waals surface area contributed by atoms with Gasteiger partial charge in [0.2, 0.25) is 0 Å². The Hall–Kier alpha value is -1.20. The van der Waals surface area contributed by atoms with Gasteiger partial charge in [0.1, 0.15) is 0 Å². The predicted octanol–water partition coefficient (Wildman–Crippen LogP) is 2.34. The maximum absolute atomic E-state index is 14.5. The fourth-order valence-electron chi connectivity index (χ4n) is 2.10. The minimum absolute atomic E-state index is 0.209. The highest BCUT2D eigenvalue weighted by atomic mass is 19.1. The lowest BCUT2D eigenvalue weighted by atomic mass is 10.2. The van der Waals surface area contributed by atoms with E-state index in [0.717, 1.165) is 6.54 Å². The number of pyridine rings is 1. The van der Waals surface area contributed by atoms with E-state index in [1.54, 1.807) is 12.3 Å². The zero-order chi connectivity index (χ0) is 14.4. The zero-order valence-corrected chi connectivity index (χ0v) is 12.4. The number of aromatic nitrogens is 1. The van der Waals surface area contributed by atoms with Gasteiger partial charge in [-0.1, -0.05) is 0 Å². The summed E-state index contributed by atoms with van der Waals surface area (Å²) in [4.78, 5) is 6.12. The van der Waals surface area contributed by atoms with Crippen LogP contribution in [0.25, 0.3) is 0 Å². The molecule has 2 rings (SSSR count). The molecule has 0 bridgehead atoms. The molecular weight excluding hydrogens is 257 g/mol. The fraction of sp³-hybridized carbons (Fsp3) is 0.667. The highest BCUT2D eigenvalue weighted by Crippen LogP contribution is 2.22. The highest BCUT2D eigenvalue weighted by Gasteiger charge is 2.21. The summed E-state index contributed by atoms with van der Waals surface area (Å²) in [5.74, 6) is 0.223. The lowest BCUT2D eigenvalue weighted by molar-refractivity contribution is 0.153. The van der Waals surface area contributed by atoms with E-state index in [0.29, 0.717) is 43.7 Å². The molecule has 20 heavy (non-hydrogen) atoms. The number of ether oxygens (including phenoxy) is 1. The molecule has 0 saturated heterocycles. The minimum Gasteiger partial charge on any atom is -0.380 e. The second kappa shape index (κ2) is 7.55. The van der Waals surface area contributed by atoms with Crippen molar-refractivity contribution < 1.29 is 9.13 Å². The molecule has 0 atom stereocenters. The lowest BCUT2D eigenvalue weighted by Gasteiger charge is -2.23. The van der Waals surface area contributed by atoms with Crippen LogP contribution in [0.4, 0.5) is 10.2 Å². The van der Waals surface area contributed by atoms with Gasteiger partial charge in [-0.05, 0) is 32.8 Å². The van der Waals surface area contributed by atoms with Crippen LogP contribution in [-0.2, 0) is 11.3 Å². The predicted molar refractivity (Wildman–Crippen MR) is 78.4 cm³/mol. The van der Waals surface area contributed by atoms with Crippen molar-refractivity contribution in [2.75, 3.05) is 31.2 Å². The van der Waals surface area contributed by atoms with Gasteiger partial charge in [0, 0.05) is 44.0 Å². The summed E-state index contributed by atoms with van der Waals surface area (Å²) in [6.07, 6.45) is 4.09. The number of rotatable bonds is 9. The number of halogens is 1. The van der Waals surface area contributed by atoms with E-state index < -0.39 is 0 Å². The van der Waals surface area contributed by atoms with Crippen LogP contribution in [0.1, 0.15) is 32.3 Å². The third-order valence-corrected chi connectivity index (χ3v) is 3.50. The molecule has 0 aromatic carbocycles. The molecular formula is C15H24FN3O. The molecule has 5 heteroatoms. The average molecular weight is 281 g/mol. The van der Waals surface area contributed by atoms with Crippen LogP contribution in [0.15, 0.2) is 12.3 Å². The Bertz CT molecular complexity index is 424. The number of anilines is 1. The van der Waals surface area contributed by atoms with Gasteiger partial charge < -0.3 is 15.0 Å². The van der Waals surface area contributed by atoms with Gasteiger partial charge >= 0.3 is 0 Å². The molecule has 1 heterocycles. The number of hydrogen-bond donors (Lipinski definition) is 1. The molecule has 0 spiro atoms. The van der Waals surface area contributed by atoms with Crippen molar-refractivity contribution in [3.8, 4) is 0 Å². The topological polar surface area (TPSA) is 37.4 Å². The van der Waals surface area contributed by atoms with Crippen molar-refractivity contribution >= 4 is 5.82 Å². The van der Waals surface area contributed by atoms with Gasteiger partial charge in [-0.2, -0.15) is 0 Å². The van der Waals surface area contributed by atoms with Gasteiger partial charge in [-0.25, -0.2) is 9.37 Å². The molecule has 1 fully saturated rings. The van der Waals surface area contributed by atoms with Crippen LogP contribution in [0.3, 0.4) is 0 Å². The Balaban J connectivity index is 2.02. The molecule has 1 saturated carbocycles. The lowest BCUT2D eigenvalue weighted by Crippen LogP contribution is -2.29. The van der Waals surface area contributed by atoms with Gasteiger partial charge in [0.25, 0.3) is 0 Å². The maximum Gasteiger partial charge on any atom is 0.170 e. The molecule has 1 aromatic rings. The van der Waals surface area contributed by atoms with Crippen molar-refractivity contribution in [2.45, 2.75) is 39.3 Å². The Kier molecular flexibility index (Phi) is 5.73. The molecule has 0 radical (unpaired) electrons. The largest absolute Gasteiger partial charge is 0.380 e. The van der Waals surface area contributed by atoms with Gasteiger partial charge in [0.05, 0.1) is 6.61 Å². The Morgan fingerprint density at radius 2 is 2.25 bits per heavy atom. The summed E-state index contributed by atoms with van der Waals surface area (Å²) >= 11 is 0. The SMILES string of the molecule is CCOCCN(CC)c1nccc(CNC2CC2)c1F. The first-order valence-electron chi connectivity index (χ1n) is 7.45. The molecule has 0 amide bonds. The van der Waals surface area contributed by atoms with Crippen molar-refractivity contribution in [3.63, 3.8) is 0 Å². The first kappa shape index (κ1) is 15.2. The molecule has 1 aromatic heterocycles. The van der Waals surface area contributed by atoms with E-state index in [4.69, 9.17) is 4.74 Å². The number of hydrogen-bond acceptors (Lipinski definition) is 4. The first-order chi connectivity index (χ1) is 9.76. The van der Waals surface area contributed by atoms with Crippen molar-refractivity contribution in [1.82, 2.24) is 10.3 Å². The summed E-state index contributed by atoms with van der Waals surface area (Å²) in [6, 6.07) is 2.33. The summed E-state index contributed by atoms with van der Waals surface area (Å²) in [7, 11) is 0. The molecule has 1 aliphatic rings. The van der Waals surface area contributed by atoms with Crippen LogP contribution in [0.2, 0.25) is 0 Å². The molecule has 1 N–H and O–H groups in total. The van der Waals surface area contributed by atoms with E-state index >= 15 is 0 Å². The smallest absolute Gasteiger partial charge is 0.170 e. The van der Waals surface area contributed by atoms with Crippen molar-refractivity contribution in [2.24, 2.45) is 0 Å². The molecule has 112 valence electrons. The quantitative estimate of drug-likeness (QED) is 0.705. The number of nitrogens with zero attached hydrogens (tertiary/aromatic N) is 2. The van der Waals surface area contributed by atoms with E-state index in [9.17, 15) is 4.39 Å². The zero-order valence-electron chi connectivity index (χ0n) is 12.4. The minimum atomic E-state index is -0.209. The average Bonchev–Trinajstić information content (AvgIpc) is 3.27. The van der Waals surface area contributed by atoms with Gasteiger partial charge in [-0.3, -0.25) is 0 Å². The second-order valence-corrected chi connectivity index (χ2v) is 5.04. The van der Waals surface area contributed by atoms with Crippen LogP contribution in [0.5, 0.6) is 0 Å². The van der Waals surface area contributed by atoms with Crippen LogP contribution >= 0.6 is 0 Å². The first-order valence-corrected chi connectivity index (χ1v) is 7.45. The van der Waals surface area contributed by atoms with E-state index in [1.807, 2.05) is 18.7 Å². The third kappa shape index (κ3) is 4.15. The van der Waals surface area contributed by atoms with Crippen LogP contribution in [0, 0.1) is 5.82 Å². The van der Waals surface area contributed by atoms with Crippen LogP contribution in [-0.4, -0.2) is 37.3 Å². The summed E-state index contributed by atoms with van der Waals surface area (Å²) in [5.41, 5.74) is 0.691. The van der Waals surface area contributed by atoms with Crippen molar-refractivity contribution in [3.05, 3.63) is 23.6 Å². The fourth-order valence-corrected chi connectivity index (χ4v) is 2.10. The van der Waals surface area contributed by atoms with E-state index in [-0.39, 0.29) is 5.82 Å². The normalized spacial score (nSPS) is 14.6. The monoisotopic (exact) mass is 281 g/mol. The molecule has 0 aliphatic heterocycles. The Morgan fingerprint density at radius 3 is 2.90 bits per heavy atom.